The fourth-order valence-electron chi connectivity index (χ4n) is 2.31. The standard InChI is InChI=1S/C9H10ClN3/c10-8-5-7-9(12-11-8)6-1-3-13(7)4-2-6/h5-6H,1-4H2. The normalized spacial score (nSPS) is 20.5. The van der Waals surface area contributed by atoms with E-state index >= 15 is 0 Å². The Morgan fingerprint density at radius 2 is 2.08 bits per heavy atom. The number of piperidine rings is 1. The first-order valence-electron chi connectivity index (χ1n) is 4.62. The zero-order chi connectivity index (χ0) is 8.84. The number of hydrogen-bond acceptors (Lipinski definition) is 3. The molecule has 1 saturated heterocycles. The smallest absolute Gasteiger partial charge is 0.153 e. The summed E-state index contributed by atoms with van der Waals surface area (Å²) in [5.74, 6) is 0.629. The highest BCUT2D eigenvalue weighted by molar-refractivity contribution is 6.29. The van der Waals surface area contributed by atoms with E-state index in [1.54, 1.807) is 0 Å². The van der Waals surface area contributed by atoms with E-state index in [1.807, 2.05) is 6.07 Å². The van der Waals surface area contributed by atoms with E-state index in [4.69, 9.17) is 11.6 Å². The van der Waals surface area contributed by atoms with Gasteiger partial charge in [-0.1, -0.05) is 11.6 Å². The van der Waals surface area contributed by atoms with Crippen molar-refractivity contribution < 1.29 is 0 Å². The van der Waals surface area contributed by atoms with Crippen molar-refractivity contribution in [2.45, 2.75) is 18.8 Å². The van der Waals surface area contributed by atoms with Crippen LogP contribution < -0.4 is 4.90 Å². The maximum absolute atomic E-state index is 5.81. The second-order valence-corrected chi connectivity index (χ2v) is 4.09. The van der Waals surface area contributed by atoms with Crippen LogP contribution in [0.5, 0.6) is 0 Å². The number of rotatable bonds is 0. The molecule has 0 spiro atoms. The lowest BCUT2D eigenvalue weighted by molar-refractivity contribution is 0.459. The van der Waals surface area contributed by atoms with Crippen molar-refractivity contribution in [3.8, 4) is 0 Å². The first-order chi connectivity index (χ1) is 6.34. The number of fused-ring (bicyclic) bond motifs is 2. The van der Waals surface area contributed by atoms with E-state index in [2.05, 4.69) is 15.1 Å². The SMILES string of the molecule is Clc1cc2c(nn1)C1CCN2CC1. The Bertz CT molecular complexity index is 345. The van der Waals surface area contributed by atoms with Crippen LogP contribution in [0.25, 0.3) is 0 Å². The number of halogens is 1. The molecular weight excluding hydrogens is 186 g/mol. The predicted molar refractivity (Wildman–Crippen MR) is 51.2 cm³/mol. The van der Waals surface area contributed by atoms with Crippen molar-refractivity contribution in [2.75, 3.05) is 18.0 Å². The average Bonchev–Trinajstić information content (AvgIpc) is 2.19. The Kier molecular flexibility index (Phi) is 1.50. The quantitative estimate of drug-likeness (QED) is 0.633. The molecular formula is C9H10ClN3. The molecule has 13 heavy (non-hydrogen) atoms. The third kappa shape index (κ3) is 1.03. The fourth-order valence-corrected chi connectivity index (χ4v) is 2.45. The van der Waals surface area contributed by atoms with E-state index in [1.165, 1.54) is 18.5 Å². The third-order valence-corrected chi connectivity index (χ3v) is 3.18. The summed E-state index contributed by atoms with van der Waals surface area (Å²) in [6, 6.07) is 1.94. The highest BCUT2D eigenvalue weighted by atomic mass is 35.5. The molecule has 4 rings (SSSR count). The molecule has 3 aliphatic heterocycles. The molecule has 4 heteroatoms. The van der Waals surface area contributed by atoms with Gasteiger partial charge in [0.25, 0.3) is 0 Å². The van der Waals surface area contributed by atoms with Crippen LogP contribution in [0, 0.1) is 0 Å². The van der Waals surface area contributed by atoms with Gasteiger partial charge in [-0.25, -0.2) is 0 Å². The zero-order valence-electron chi connectivity index (χ0n) is 7.20. The molecule has 1 aromatic heterocycles. The van der Waals surface area contributed by atoms with Gasteiger partial charge in [-0.3, -0.25) is 0 Å². The lowest BCUT2D eigenvalue weighted by Gasteiger charge is -2.40. The molecule has 0 aromatic carbocycles. The van der Waals surface area contributed by atoms with Crippen LogP contribution in [-0.4, -0.2) is 23.3 Å². The Morgan fingerprint density at radius 1 is 1.31 bits per heavy atom. The summed E-state index contributed by atoms with van der Waals surface area (Å²) in [6.45, 7) is 2.30. The minimum absolute atomic E-state index is 0.506. The minimum Gasteiger partial charge on any atom is -0.370 e. The van der Waals surface area contributed by atoms with Crippen LogP contribution in [0.2, 0.25) is 5.15 Å². The van der Waals surface area contributed by atoms with Crippen LogP contribution in [0.4, 0.5) is 5.69 Å². The van der Waals surface area contributed by atoms with Crippen LogP contribution >= 0.6 is 11.6 Å². The molecule has 0 saturated carbocycles. The minimum atomic E-state index is 0.506. The molecule has 4 heterocycles. The Hall–Kier alpha value is -0.830. The van der Waals surface area contributed by atoms with Crippen LogP contribution in [0.3, 0.4) is 0 Å². The molecule has 3 aliphatic rings. The molecule has 1 fully saturated rings. The predicted octanol–water partition coefficient (Wildman–Crippen LogP) is 1.83. The molecule has 0 atom stereocenters. The lowest BCUT2D eigenvalue weighted by Crippen LogP contribution is -2.39. The topological polar surface area (TPSA) is 29.0 Å². The summed E-state index contributed by atoms with van der Waals surface area (Å²) in [4.78, 5) is 2.36. The first kappa shape index (κ1) is 7.56. The summed E-state index contributed by atoms with van der Waals surface area (Å²) >= 11 is 5.81. The lowest BCUT2D eigenvalue weighted by atomic mass is 9.87. The second-order valence-electron chi connectivity index (χ2n) is 3.70. The van der Waals surface area contributed by atoms with Gasteiger partial charge >= 0.3 is 0 Å². The summed E-state index contributed by atoms with van der Waals surface area (Å²) in [5.41, 5.74) is 2.37. The largest absolute Gasteiger partial charge is 0.370 e. The van der Waals surface area contributed by atoms with E-state index < -0.39 is 0 Å². The Morgan fingerprint density at radius 3 is 2.85 bits per heavy atom. The first-order valence-corrected chi connectivity index (χ1v) is 5.00. The summed E-state index contributed by atoms with van der Waals surface area (Å²) in [5, 5.41) is 8.58. The fraction of sp³-hybridized carbons (Fsp3) is 0.556. The zero-order valence-corrected chi connectivity index (χ0v) is 7.96. The van der Waals surface area contributed by atoms with Gasteiger partial charge in [-0.15, -0.1) is 5.10 Å². The van der Waals surface area contributed by atoms with Gasteiger partial charge in [-0.2, -0.15) is 5.10 Å². The Labute approximate surface area is 81.7 Å². The van der Waals surface area contributed by atoms with Crippen molar-refractivity contribution >= 4 is 17.3 Å². The van der Waals surface area contributed by atoms with Crippen molar-refractivity contribution in [2.24, 2.45) is 0 Å². The van der Waals surface area contributed by atoms with Crippen LogP contribution in [0.15, 0.2) is 6.07 Å². The summed E-state index contributed by atoms with van der Waals surface area (Å²) in [7, 11) is 0. The van der Waals surface area contributed by atoms with Crippen molar-refractivity contribution in [1.29, 1.82) is 0 Å². The van der Waals surface area contributed by atoms with E-state index in [9.17, 15) is 0 Å². The van der Waals surface area contributed by atoms with Gasteiger partial charge in [0.1, 0.15) is 0 Å². The second kappa shape index (κ2) is 2.58. The molecule has 0 N–H and O–H groups in total. The highest BCUT2D eigenvalue weighted by Gasteiger charge is 2.32. The molecule has 1 aromatic rings. The van der Waals surface area contributed by atoms with Crippen molar-refractivity contribution in [3.63, 3.8) is 0 Å². The molecule has 0 radical (unpaired) electrons. The average molecular weight is 196 g/mol. The van der Waals surface area contributed by atoms with Gasteiger partial charge in [0.15, 0.2) is 5.15 Å². The molecule has 0 unspecified atom stereocenters. The van der Waals surface area contributed by atoms with E-state index in [0.717, 1.165) is 18.8 Å². The third-order valence-electron chi connectivity index (χ3n) is 2.99. The molecule has 68 valence electrons. The van der Waals surface area contributed by atoms with Crippen LogP contribution in [-0.2, 0) is 0 Å². The molecule has 0 aliphatic carbocycles. The Balaban J connectivity index is 2.18. The molecule has 0 amide bonds. The monoisotopic (exact) mass is 195 g/mol. The maximum Gasteiger partial charge on any atom is 0.153 e. The number of aromatic nitrogens is 2. The van der Waals surface area contributed by atoms with Crippen molar-refractivity contribution in [3.05, 3.63) is 16.9 Å². The van der Waals surface area contributed by atoms with E-state index in [0.29, 0.717) is 11.1 Å². The van der Waals surface area contributed by atoms with Gasteiger partial charge in [0.2, 0.25) is 0 Å². The van der Waals surface area contributed by atoms with Crippen LogP contribution in [0.1, 0.15) is 24.5 Å². The molecule has 3 nitrogen and oxygen atoms in total. The van der Waals surface area contributed by atoms with Gasteiger partial charge < -0.3 is 4.90 Å². The van der Waals surface area contributed by atoms with Gasteiger partial charge in [0.05, 0.1) is 11.4 Å². The number of anilines is 1. The van der Waals surface area contributed by atoms with E-state index in [-0.39, 0.29) is 0 Å². The number of hydrogen-bond donors (Lipinski definition) is 0. The summed E-state index contributed by atoms with van der Waals surface area (Å²) in [6.07, 6.45) is 2.45. The van der Waals surface area contributed by atoms with Gasteiger partial charge in [0, 0.05) is 25.1 Å². The highest BCUT2D eigenvalue weighted by Crippen LogP contribution is 2.40. The van der Waals surface area contributed by atoms with Gasteiger partial charge in [-0.05, 0) is 12.8 Å². The number of nitrogens with zero attached hydrogens (tertiary/aromatic N) is 3. The summed E-state index contributed by atoms with van der Waals surface area (Å²) < 4.78 is 0. The molecule has 2 bridgehead atoms. The van der Waals surface area contributed by atoms with Crippen molar-refractivity contribution in [1.82, 2.24) is 10.2 Å². The maximum atomic E-state index is 5.81.